The van der Waals surface area contributed by atoms with Gasteiger partial charge in [-0.05, 0) is 42.2 Å². The maximum absolute atomic E-state index is 14.1. The molecule has 3 aromatic carbocycles. The van der Waals surface area contributed by atoms with E-state index in [0.717, 1.165) is 49.6 Å². The first-order valence-electron chi connectivity index (χ1n) is 13.7. The molecule has 1 unspecified atom stereocenters. The molecular formula is C31H34F3N3O4S. The van der Waals surface area contributed by atoms with Crippen LogP contribution in [0.25, 0.3) is 0 Å². The Balaban J connectivity index is 1.72. The molecule has 0 bridgehead atoms. The topological polar surface area (TPSA) is 86.8 Å². The van der Waals surface area contributed by atoms with Gasteiger partial charge in [0, 0.05) is 19.0 Å². The number of anilines is 1. The summed E-state index contributed by atoms with van der Waals surface area (Å²) in [5.41, 5.74) is 0.172. The second kappa shape index (κ2) is 13.4. The van der Waals surface area contributed by atoms with Crippen LogP contribution in [0.1, 0.15) is 42.4 Å². The van der Waals surface area contributed by atoms with E-state index in [0.29, 0.717) is 15.9 Å². The average Bonchev–Trinajstić information content (AvgIpc) is 3.46. The maximum Gasteiger partial charge on any atom is 0.416 e. The van der Waals surface area contributed by atoms with Crippen LogP contribution in [-0.2, 0) is 38.8 Å². The molecule has 1 aliphatic rings. The van der Waals surface area contributed by atoms with Gasteiger partial charge in [0.25, 0.3) is 0 Å². The first kappa shape index (κ1) is 31.1. The van der Waals surface area contributed by atoms with E-state index >= 15 is 0 Å². The van der Waals surface area contributed by atoms with Gasteiger partial charge in [0.2, 0.25) is 21.8 Å². The molecule has 1 fully saturated rings. The normalized spacial score (nSPS) is 14.8. The number of rotatable bonds is 11. The summed E-state index contributed by atoms with van der Waals surface area (Å²) < 4.78 is 66.6. The first-order chi connectivity index (χ1) is 19.9. The Morgan fingerprint density at radius 2 is 1.50 bits per heavy atom. The quantitative estimate of drug-likeness (QED) is 0.329. The highest BCUT2D eigenvalue weighted by Gasteiger charge is 2.35. The molecule has 7 nitrogen and oxygen atoms in total. The number of hydrogen-bond donors (Lipinski definition) is 1. The molecule has 42 heavy (non-hydrogen) atoms. The fraction of sp³-hybridized carbons (Fsp3) is 0.355. The molecule has 4 rings (SSSR count). The number of hydrogen-bond acceptors (Lipinski definition) is 4. The zero-order valence-corrected chi connectivity index (χ0v) is 24.1. The van der Waals surface area contributed by atoms with Gasteiger partial charge in [-0.1, -0.05) is 79.6 Å². The van der Waals surface area contributed by atoms with E-state index in [1.165, 1.54) is 11.0 Å². The Hall–Kier alpha value is -3.86. The number of sulfonamides is 1. The number of nitrogens with one attached hydrogen (secondary N) is 1. The van der Waals surface area contributed by atoms with E-state index in [4.69, 9.17) is 0 Å². The van der Waals surface area contributed by atoms with Gasteiger partial charge in [0.05, 0.1) is 17.5 Å². The van der Waals surface area contributed by atoms with E-state index in [1.807, 2.05) is 36.4 Å². The van der Waals surface area contributed by atoms with E-state index in [9.17, 15) is 31.2 Å². The van der Waals surface area contributed by atoms with Crippen LogP contribution < -0.4 is 9.62 Å². The number of halogens is 3. The van der Waals surface area contributed by atoms with E-state index < -0.39 is 40.3 Å². The van der Waals surface area contributed by atoms with Crippen molar-refractivity contribution in [2.75, 3.05) is 17.1 Å². The van der Waals surface area contributed by atoms with Gasteiger partial charge in [-0.2, -0.15) is 13.2 Å². The third kappa shape index (κ3) is 8.34. The summed E-state index contributed by atoms with van der Waals surface area (Å²) in [6, 6.07) is 20.9. The largest absolute Gasteiger partial charge is 0.416 e. The van der Waals surface area contributed by atoms with Crippen molar-refractivity contribution >= 4 is 27.5 Å². The van der Waals surface area contributed by atoms with Crippen molar-refractivity contribution in [2.24, 2.45) is 0 Å². The molecule has 2 amide bonds. The minimum absolute atomic E-state index is 0.00451. The number of alkyl halides is 3. The number of benzene rings is 3. The minimum atomic E-state index is -4.71. The predicted octanol–water partition coefficient (Wildman–Crippen LogP) is 5.17. The zero-order chi connectivity index (χ0) is 30.3. The highest BCUT2D eigenvalue weighted by atomic mass is 32.2. The van der Waals surface area contributed by atoms with Gasteiger partial charge < -0.3 is 10.2 Å². The SMILES string of the molecule is CS(=O)(=O)N(CC(=O)N(Cc1ccccc1)C(Cc1ccccc1)C(=O)NC1CCCC1)c1cccc(C(F)(F)F)c1. The van der Waals surface area contributed by atoms with Crippen molar-refractivity contribution in [1.82, 2.24) is 10.2 Å². The summed E-state index contributed by atoms with van der Waals surface area (Å²) in [7, 11) is -4.19. The van der Waals surface area contributed by atoms with E-state index in [1.54, 1.807) is 24.3 Å². The molecule has 0 spiro atoms. The van der Waals surface area contributed by atoms with Crippen LogP contribution in [0.15, 0.2) is 84.9 Å². The molecule has 1 N–H and O–H groups in total. The van der Waals surface area contributed by atoms with Crippen LogP contribution in [0, 0.1) is 0 Å². The van der Waals surface area contributed by atoms with Crippen molar-refractivity contribution in [2.45, 2.75) is 56.9 Å². The van der Waals surface area contributed by atoms with Crippen LogP contribution >= 0.6 is 0 Å². The summed E-state index contributed by atoms with van der Waals surface area (Å²) >= 11 is 0. The van der Waals surface area contributed by atoms with Crippen molar-refractivity contribution in [3.8, 4) is 0 Å². The van der Waals surface area contributed by atoms with Crippen molar-refractivity contribution in [1.29, 1.82) is 0 Å². The molecule has 3 aromatic rings. The van der Waals surface area contributed by atoms with Crippen molar-refractivity contribution < 1.29 is 31.2 Å². The van der Waals surface area contributed by atoms with Crippen LogP contribution in [0.5, 0.6) is 0 Å². The van der Waals surface area contributed by atoms with Gasteiger partial charge in [-0.25, -0.2) is 8.42 Å². The second-order valence-electron chi connectivity index (χ2n) is 10.5. The molecule has 0 heterocycles. The van der Waals surface area contributed by atoms with Crippen molar-refractivity contribution in [3.05, 3.63) is 102 Å². The molecular weight excluding hydrogens is 567 g/mol. The Morgan fingerprint density at radius 1 is 0.905 bits per heavy atom. The summed E-state index contributed by atoms with van der Waals surface area (Å²) in [6.45, 7) is -0.787. The minimum Gasteiger partial charge on any atom is -0.352 e. The van der Waals surface area contributed by atoms with Gasteiger partial charge in [-0.15, -0.1) is 0 Å². The fourth-order valence-electron chi connectivity index (χ4n) is 5.15. The maximum atomic E-state index is 14.1. The molecule has 0 radical (unpaired) electrons. The van der Waals surface area contributed by atoms with Crippen LogP contribution in [0.4, 0.5) is 18.9 Å². The van der Waals surface area contributed by atoms with Crippen molar-refractivity contribution in [3.63, 3.8) is 0 Å². The van der Waals surface area contributed by atoms with E-state index in [2.05, 4.69) is 5.32 Å². The number of carbonyl (C=O) groups is 2. The molecule has 0 aliphatic heterocycles. The second-order valence-corrected chi connectivity index (χ2v) is 12.4. The Kier molecular flexibility index (Phi) is 9.93. The van der Waals surface area contributed by atoms with E-state index in [-0.39, 0.29) is 30.6 Å². The summed E-state index contributed by atoms with van der Waals surface area (Å²) in [5.74, 6) is -1.08. The molecule has 1 atom stereocenters. The zero-order valence-electron chi connectivity index (χ0n) is 23.3. The molecule has 1 saturated carbocycles. The lowest BCUT2D eigenvalue weighted by atomic mass is 10.0. The molecule has 0 saturated heterocycles. The molecule has 224 valence electrons. The Bertz CT molecular complexity index is 1460. The standard InChI is InChI=1S/C31H34F3N3O4S/c1-42(40,41)37(27-18-10-15-25(20-27)31(32,33)34)22-29(38)36(21-24-13-6-3-7-14-24)28(19-23-11-4-2-5-12-23)30(39)35-26-16-8-9-17-26/h2-7,10-15,18,20,26,28H,8-9,16-17,19,21-22H2,1H3,(H,35,39). The number of nitrogens with zero attached hydrogens (tertiary/aromatic N) is 2. The lowest BCUT2D eigenvalue weighted by Crippen LogP contribution is -2.54. The monoisotopic (exact) mass is 601 g/mol. The van der Waals surface area contributed by atoms with Gasteiger partial charge >= 0.3 is 6.18 Å². The number of amides is 2. The summed E-state index contributed by atoms with van der Waals surface area (Å²) in [5, 5.41) is 3.07. The van der Waals surface area contributed by atoms with Gasteiger partial charge in [0.15, 0.2) is 0 Å². The lowest BCUT2D eigenvalue weighted by Gasteiger charge is -2.34. The van der Waals surface area contributed by atoms with Gasteiger partial charge in [-0.3, -0.25) is 13.9 Å². The van der Waals surface area contributed by atoms with Crippen LogP contribution in [-0.4, -0.2) is 50.0 Å². The fourth-order valence-corrected chi connectivity index (χ4v) is 5.99. The van der Waals surface area contributed by atoms with Crippen LogP contribution in [0.3, 0.4) is 0 Å². The average molecular weight is 602 g/mol. The third-order valence-corrected chi connectivity index (χ3v) is 8.45. The Labute approximate surface area is 244 Å². The Morgan fingerprint density at radius 3 is 2.07 bits per heavy atom. The van der Waals surface area contributed by atoms with Crippen LogP contribution in [0.2, 0.25) is 0 Å². The molecule has 11 heteroatoms. The molecule has 0 aromatic heterocycles. The first-order valence-corrected chi connectivity index (χ1v) is 15.6. The summed E-state index contributed by atoms with van der Waals surface area (Å²) in [4.78, 5) is 29.2. The highest BCUT2D eigenvalue weighted by Crippen LogP contribution is 2.32. The smallest absolute Gasteiger partial charge is 0.352 e. The highest BCUT2D eigenvalue weighted by molar-refractivity contribution is 7.92. The molecule has 1 aliphatic carbocycles. The third-order valence-electron chi connectivity index (χ3n) is 7.31. The predicted molar refractivity (Wildman–Crippen MR) is 155 cm³/mol. The lowest BCUT2D eigenvalue weighted by molar-refractivity contribution is -0.140. The summed E-state index contributed by atoms with van der Waals surface area (Å²) in [6.07, 6.45) is -0.0808. The van der Waals surface area contributed by atoms with Gasteiger partial charge in [0.1, 0.15) is 12.6 Å². The number of carbonyl (C=O) groups excluding carboxylic acids is 2.